The largest absolute Gasteiger partial charge is 0.399 e. The molecule has 0 bridgehead atoms. The van der Waals surface area contributed by atoms with Crippen molar-refractivity contribution in [1.82, 2.24) is 0 Å². The Balaban J connectivity index is 1.28. The molecule has 1 amide bonds. The number of amides is 1. The number of rotatable bonds is 5. The van der Waals surface area contributed by atoms with E-state index >= 15 is 0 Å². The molecule has 0 aliphatic heterocycles. The zero-order valence-corrected chi connectivity index (χ0v) is 22.3. The smallest absolute Gasteiger partial charge is 0.255 e. The van der Waals surface area contributed by atoms with Crippen molar-refractivity contribution in [2.75, 3.05) is 16.4 Å². The summed E-state index contributed by atoms with van der Waals surface area (Å²) in [6.07, 6.45) is 0. The quantitative estimate of drug-likeness (QED) is 0.164. The summed E-state index contributed by atoms with van der Waals surface area (Å²) in [4.78, 5) is 13.2. The first-order valence-electron chi connectivity index (χ1n) is 13.0. The Morgan fingerprint density at radius 3 is 1.56 bits per heavy atom. The van der Waals surface area contributed by atoms with Gasteiger partial charge in [-0.1, -0.05) is 78.8 Å². The topological polar surface area (TPSA) is 67.1 Å². The maximum absolute atomic E-state index is 13.2. The van der Waals surface area contributed by atoms with Gasteiger partial charge in [-0.05, 0) is 78.9 Å². The van der Waals surface area contributed by atoms with Crippen molar-refractivity contribution in [2.45, 2.75) is 0 Å². The second-order valence-electron chi connectivity index (χ2n) is 9.30. The molecule has 0 heterocycles. The van der Waals surface area contributed by atoms with Crippen molar-refractivity contribution >= 4 is 28.7 Å². The lowest BCUT2D eigenvalue weighted by atomic mass is 10.1. The van der Waals surface area contributed by atoms with Crippen LogP contribution in [-0.4, -0.2) is 5.91 Å². The number of nitrogens with one attached hydrogen (secondary N) is 2. The van der Waals surface area contributed by atoms with Crippen LogP contribution in [-0.2, 0) is 0 Å². The fourth-order valence-electron chi connectivity index (χ4n) is 4.09. The van der Waals surface area contributed by atoms with Gasteiger partial charge in [0.15, 0.2) is 0 Å². The van der Waals surface area contributed by atoms with Gasteiger partial charge < -0.3 is 16.4 Å². The Morgan fingerprint density at radius 1 is 0.537 bits per heavy atom. The number of benzene rings is 5. The van der Waals surface area contributed by atoms with Crippen LogP contribution in [0.3, 0.4) is 0 Å². The van der Waals surface area contributed by atoms with Gasteiger partial charge in [-0.3, -0.25) is 4.79 Å². The Hall–Kier alpha value is -5.97. The molecule has 0 aromatic heterocycles. The van der Waals surface area contributed by atoms with Gasteiger partial charge in [0, 0.05) is 56.1 Å². The third-order valence-electron chi connectivity index (χ3n) is 6.09. The summed E-state index contributed by atoms with van der Waals surface area (Å²) in [6.45, 7) is 4.18. The molecule has 4 nitrogen and oxygen atoms in total. The Bertz CT molecular complexity index is 1700. The van der Waals surface area contributed by atoms with Crippen LogP contribution in [0.1, 0.15) is 38.2 Å². The van der Waals surface area contributed by atoms with Gasteiger partial charge in [-0.2, -0.15) is 0 Å². The zero-order valence-electron chi connectivity index (χ0n) is 22.3. The summed E-state index contributed by atoms with van der Waals surface area (Å²) >= 11 is 0. The lowest BCUT2D eigenvalue weighted by Crippen LogP contribution is -2.13. The molecule has 0 aliphatic carbocycles. The van der Waals surface area contributed by atoms with E-state index in [0.29, 0.717) is 28.2 Å². The first-order valence-corrected chi connectivity index (χ1v) is 13.0. The van der Waals surface area contributed by atoms with Crippen molar-refractivity contribution in [1.29, 1.82) is 0 Å². The molecular weight excluding hydrogens is 502 g/mol. The van der Waals surface area contributed by atoms with Gasteiger partial charge in [0.05, 0.1) is 0 Å². The maximum Gasteiger partial charge on any atom is 0.255 e. The SMILES string of the molecule is C=C(Nc1cccc(C#Cc2ccccc2)c1)c1cc(N)cc(C(=O)Nc2cccc(C#Cc3ccccc3)c2)c1. The maximum atomic E-state index is 13.2. The minimum absolute atomic E-state index is 0.280. The van der Waals surface area contributed by atoms with Crippen molar-refractivity contribution in [3.05, 3.63) is 167 Å². The second-order valence-corrected chi connectivity index (χ2v) is 9.30. The minimum atomic E-state index is -0.280. The molecule has 41 heavy (non-hydrogen) atoms. The van der Waals surface area contributed by atoms with Crippen LogP contribution in [0.4, 0.5) is 17.1 Å². The Morgan fingerprint density at radius 2 is 1.00 bits per heavy atom. The van der Waals surface area contributed by atoms with E-state index in [4.69, 9.17) is 5.73 Å². The molecule has 4 heteroatoms. The van der Waals surface area contributed by atoms with E-state index in [9.17, 15) is 4.79 Å². The second kappa shape index (κ2) is 12.7. The summed E-state index contributed by atoms with van der Waals surface area (Å²) in [5.41, 5.74) is 13.4. The van der Waals surface area contributed by atoms with Gasteiger partial charge in [0.25, 0.3) is 5.91 Å². The highest BCUT2D eigenvalue weighted by Crippen LogP contribution is 2.23. The highest BCUT2D eigenvalue weighted by atomic mass is 16.1. The van der Waals surface area contributed by atoms with Crippen LogP contribution in [0.15, 0.2) is 134 Å². The van der Waals surface area contributed by atoms with Gasteiger partial charge in [0.2, 0.25) is 0 Å². The van der Waals surface area contributed by atoms with Crippen LogP contribution in [0.5, 0.6) is 0 Å². The van der Waals surface area contributed by atoms with Gasteiger partial charge >= 0.3 is 0 Å². The first-order chi connectivity index (χ1) is 20.0. The highest BCUT2D eigenvalue weighted by molar-refractivity contribution is 6.05. The number of carbonyl (C=O) groups is 1. The summed E-state index contributed by atoms with van der Waals surface area (Å²) in [5, 5.41) is 6.26. The zero-order chi connectivity index (χ0) is 28.4. The van der Waals surface area contributed by atoms with E-state index < -0.39 is 0 Å². The molecule has 0 fully saturated rings. The number of nitrogen functional groups attached to an aromatic ring is 1. The standard InChI is InChI=1S/C37H27N3O/c1-27(39-35-16-8-14-30(22-35)20-18-28-10-4-2-5-11-28)32-24-33(26-34(38)25-32)37(41)40-36-17-9-15-31(23-36)21-19-29-12-6-3-7-13-29/h2-17,22-26,39H,1,38H2,(H,40,41). The van der Waals surface area contributed by atoms with Crippen LogP contribution < -0.4 is 16.4 Å². The predicted molar refractivity (Wildman–Crippen MR) is 169 cm³/mol. The molecule has 4 N–H and O–H groups in total. The van der Waals surface area contributed by atoms with E-state index in [-0.39, 0.29) is 5.91 Å². The molecule has 0 saturated heterocycles. The lowest BCUT2D eigenvalue weighted by molar-refractivity contribution is 0.102. The summed E-state index contributed by atoms with van der Waals surface area (Å²) in [5.74, 6) is 12.4. The van der Waals surface area contributed by atoms with E-state index in [2.05, 4.69) is 40.9 Å². The van der Waals surface area contributed by atoms with Crippen LogP contribution in [0.25, 0.3) is 5.70 Å². The number of hydrogen-bond acceptors (Lipinski definition) is 3. The summed E-state index contributed by atoms with van der Waals surface area (Å²) in [6, 6.07) is 40.0. The molecule has 0 spiro atoms. The Kier molecular flexibility index (Phi) is 8.26. The predicted octanol–water partition coefficient (Wildman–Crippen LogP) is 7.40. The molecule has 0 aliphatic rings. The number of carbonyl (C=O) groups excluding carboxylic acids is 1. The van der Waals surface area contributed by atoms with Crippen molar-refractivity contribution in [3.63, 3.8) is 0 Å². The monoisotopic (exact) mass is 529 g/mol. The lowest BCUT2D eigenvalue weighted by Gasteiger charge is -2.13. The molecule has 5 aromatic rings. The Labute approximate surface area is 240 Å². The van der Waals surface area contributed by atoms with Crippen molar-refractivity contribution in [3.8, 4) is 23.7 Å². The molecule has 5 rings (SSSR count). The van der Waals surface area contributed by atoms with Crippen LogP contribution in [0, 0.1) is 23.7 Å². The normalized spacial score (nSPS) is 9.85. The van der Waals surface area contributed by atoms with Crippen LogP contribution in [0.2, 0.25) is 0 Å². The minimum Gasteiger partial charge on any atom is -0.399 e. The van der Waals surface area contributed by atoms with E-state index in [1.165, 1.54) is 0 Å². The summed E-state index contributed by atoms with van der Waals surface area (Å²) < 4.78 is 0. The van der Waals surface area contributed by atoms with Crippen LogP contribution >= 0.6 is 0 Å². The molecule has 0 saturated carbocycles. The summed E-state index contributed by atoms with van der Waals surface area (Å²) in [7, 11) is 0. The van der Waals surface area contributed by atoms with E-state index in [1.54, 1.807) is 18.2 Å². The number of anilines is 3. The fraction of sp³-hybridized carbons (Fsp3) is 0. The molecule has 0 radical (unpaired) electrons. The van der Waals surface area contributed by atoms with Crippen molar-refractivity contribution in [2.24, 2.45) is 0 Å². The first kappa shape index (κ1) is 26.6. The highest BCUT2D eigenvalue weighted by Gasteiger charge is 2.11. The fourth-order valence-corrected chi connectivity index (χ4v) is 4.09. The number of nitrogens with two attached hydrogens (primary N) is 1. The molecule has 0 unspecified atom stereocenters. The third-order valence-corrected chi connectivity index (χ3v) is 6.09. The molecule has 196 valence electrons. The van der Waals surface area contributed by atoms with Crippen molar-refractivity contribution < 1.29 is 4.79 Å². The molecule has 0 atom stereocenters. The van der Waals surface area contributed by atoms with E-state index in [0.717, 1.165) is 27.9 Å². The molecule has 5 aromatic carbocycles. The van der Waals surface area contributed by atoms with E-state index in [1.807, 2.05) is 109 Å². The number of hydrogen-bond donors (Lipinski definition) is 3. The average Bonchev–Trinajstić information content (AvgIpc) is 3.00. The third kappa shape index (κ3) is 7.54. The van der Waals surface area contributed by atoms with Gasteiger partial charge in [-0.25, -0.2) is 0 Å². The van der Waals surface area contributed by atoms with Gasteiger partial charge in [0.1, 0.15) is 0 Å². The van der Waals surface area contributed by atoms with Gasteiger partial charge in [-0.15, -0.1) is 0 Å². The average molecular weight is 530 g/mol. The molecular formula is C37H27N3O.